The molecule has 5 heteroatoms. The van der Waals surface area contributed by atoms with Gasteiger partial charge < -0.3 is 9.72 Å². The van der Waals surface area contributed by atoms with Gasteiger partial charge >= 0.3 is 0 Å². The number of ether oxygens (including phenoxy) is 1. The topological polar surface area (TPSA) is 55.0 Å². The van der Waals surface area contributed by atoms with Gasteiger partial charge in [0, 0.05) is 13.0 Å². The first kappa shape index (κ1) is 14.3. The van der Waals surface area contributed by atoms with Crippen LogP contribution >= 0.6 is 15.9 Å². The van der Waals surface area contributed by atoms with Gasteiger partial charge in [0.05, 0.1) is 5.69 Å². The molecule has 2 aliphatic rings. The molecule has 2 saturated carbocycles. The second-order valence-electron chi connectivity index (χ2n) is 6.00. The van der Waals surface area contributed by atoms with Crippen molar-refractivity contribution in [2.24, 2.45) is 0 Å². The molecular formula is C15H21BrN2O2. The zero-order valence-corrected chi connectivity index (χ0v) is 13.5. The summed E-state index contributed by atoms with van der Waals surface area (Å²) >= 11 is 3.39. The van der Waals surface area contributed by atoms with E-state index in [2.05, 4.69) is 20.9 Å². The van der Waals surface area contributed by atoms with Crippen molar-refractivity contribution in [2.75, 3.05) is 7.11 Å². The van der Waals surface area contributed by atoms with Gasteiger partial charge in [-0.25, -0.2) is 4.98 Å². The summed E-state index contributed by atoms with van der Waals surface area (Å²) in [4.78, 5) is 19.9. The molecule has 0 saturated heterocycles. The van der Waals surface area contributed by atoms with Gasteiger partial charge in [-0.15, -0.1) is 0 Å². The second-order valence-corrected chi connectivity index (χ2v) is 6.79. The molecule has 20 heavy (non-hydrogen) atoms. The smallest absolute Gasteiger partial charge is 0.265 e. The summed E-state index contributed by atoms with van der Waals surface area (Å²) in [6, 6.07) is 0. The summed E-state index contributed by atoms with van der Waals surface area (Å²) in [6.45, 7) is 0. The Balaban J connectivity index is 2.04. The van der Waals surface area contributed by atoms with Crippen LogP contribution in [0.25, 0.3) is 0 Å². The van der Waals surface area contributed by atoms with Crippen LogP contribution in [0.4, 0.5) is 0 Å². The fourth-order valence-corrected chi connectivity index (χ4v) is 3.67. The van der Waals surface area contributed by atoms with Gasteiger partial charge in [0.2, 0.25) is 0 Å². The SMILES string of the molecule is COC1(c2nc(C3CC3)c(Br)c(=O)[nH]2)CCCCCC1. The number of methoxy groups -OCH3 is 1. The van der Waals surface area contributed by atoms with Crippen LogP contribution in [0.15, 0.2) is 9.27 Å². The van der Waals surface area contributed by atoms with Crippen molar-refractivity contribution in [1.82, 2.24) is 9.97 Å². The molecule has 0 aliphatic heterocycles. The first-order chi connectivity index (χ1) is 9.66. The third kappa shape index (κ3) is 2.58. The lowest BCUT2D eigenvalue weighted by atomic mass is 9.93. The Morgan fingerprint density at radius 2 is 1.90 bits per heavy atom. The zero-order chi connectivity index (χ0) is 14.2. The van der Waals surface area contributed by atoms with E-state index < -0.39 is 5.60 Å². The van der Waals surface area contributed by atoms with Crippen LogP contribution < -0.4 is 5.56 Å². The van der Waals surface area contributed by atoms with E-state index >= 15 is 0 Å². The number of nitrogens with zero attached hydrogens (tertiary/aromatic N) is 1. The molecule has 2 fully saturated rings. The standard InChI is InChI=1S/C15H21BrN2O2/c1-20-15(8-4-2-3-5-9-15)14-17-12(10-6-7-10)11(16)13(19)18-14/h10H,2-9H2,1H3,(H,17,18,19). The summed E-state index contributed by atoms with van der Waals surface area (Å²) in [5.74, 6) is 1.18. The molecule has 3 rings (SSSR count). The van der Waals surface area contributed by atoms with E-state index in [1.807, 2.05) is 0 Å². The quantitative estimate of drug-likeness (QED) is 0.855. The Bertz CT molecular complexity index is 543. The number of halogens is 1. The minimum absolute atomic E-state index is 0.0717. The summed E-state index contributed by atoms with van der Waals surface area (Å²) in [5.41, 5.74) is 0.446. The van der Waals surface area contributed by atoms with Crippen LogP contribution in [0.3, 0.4) is 0 Å². The van der Waals surface area contributed by atoms with Crippen LogP contribution in [-0.2, 0) is 10.3 Å². The predicted octanol–water partition coefficient (Wildman–Crippen LogP) is 3.61. The first-order valence-electron chi connectivity index (χ1n) is 7.51. The van der Waals surface area contributed by atoms with Gasteiger partial charge in [0.25, 0.3) is 5.56 Å². The highest BCUT2D eigenvalue weighted by Gasteiger charge is 2.37. The highest BCUT2D eigenvalue weighted by Crippen LogP contribution is 2.43. The Kier molecular flexibility index (Phi) is 4.00. The number of hydrogen-bond acceptors (Lipinski definition) is 3. The third-order valence-electron chi connectivity index (χ3n) is 4.59. The van der Waals surface area contributed by atoms with E-state index in [1.54, 1.807) is 7.11 Å². The number of nitrogens with one attached hydrogen (secondary N) is 1. The van der Waals surface area contributed by atoms with Gasteiger partial charge in [0.1, 0.15) is 15.9 Å². The molecule has 1 N–H and O–H groups in total. The molecule has 2 aliphatic carbocycles. The lowest BCUT2D eigenvalue weighted by Gasteiger charge is -2.30. The van der Waals surface area contributed by atoms with Crippen molar-refractivity contribution in [3.05, 3.63) is 26.3 Å². The van der Waals surface area contributed by atoms with Crippen molar-refractivity contribution < 1.29 is 4.74 Å². The Morgan fingerprint density at radius 3 is 2.45 bits per heavy atom. The van der Waals surface area contributed by atoms with E-state index in [-0.39, 0.29) is 5.56 Å². The second kappa shape index (κ2) is 5.60. The molecule has 1 heterocycles. The fourth-order valence-electron chi connectivity index (χ4n) is 3.16. The monoisotopic (exact) mass is 340 g/mol. The van der Waals surface area contributed by atoms with Crippen LogP contribution in [0.2, 0.25) is 0 Å². The first-order valence-corrected chi connectivity index (χ1v) is 8.31. The molecule has 0 radical (unpaired) electrons. The molecule has 0 spiro atoms. The van der Waals surface area contributed by atoms with E-state index in [9.17, 15) is 4.79 Å². The molecule has 0 amide bonds. The van der Waals surface area contributed by atoms with Gasteiger partial charge in [-0.2, -0.15) is 0 Å². The number of aromatic amines is 1. The summed E-state index contributed by atoms with van der Waals surface area (Å²) in [7, 11) is 1.74. The Labute approximate surface area is 127 Å². The maximum atomic E-state index is 12.2. The largest absolute Gasteiger partial charge is 0.370 e. The maximum absolute atomic E-state index is 12.2. The van der Waals surface area contributed by atoms with Crippen LogP contribution in [0.5, 0.6) is 0 Å². The summed E-state index contributed by atoms with van der Waals surface area (Å²) < 4.78 is 6.45. The predicted molar refractivity (Wildman–Crippen MR) is 80.9 cm³/mol. The van der Waals surface area contributed by atoms with Gasteiger partial charge in [0.15, 0.2) is 0 Å². The maximum Gasteiger partial charge on any atom is 0.265 e. The van der Waals surface area contributed by atoms with E-state index in [0.29, 0.717) is 10.4 Å². The van der Waals surface area contributed by atoms with E-state index in [1.165, 1.54) is 12.8 Å². The average Bonchev–Trinajstić information content (AvgIpc) is 3.27. The van der Waals surface area contributed by atoms with E-state index in [0.717, 1.165) is 50.0 Å². The van der Waals surface area contributed by atoms with Gasteiger partial charge in [-0.3, -0.25) is 4.79 Å². The lowest BCUT2D eigenvalue weighted by molar-refractivity contribution is -0.0355. The van der Waals surface area contributed by atoms with Crippen molar-refractivity contribution in [1.29, 1.82) is 0 Å². The normalized spacial score (nSPS) is 22.5. The van der Waals surface area contributed by atoms with Gasteiger partial charge in [-0.05, 0) is 41.6 Å². The molecule has 0 atom stereocenters. The molecular weight excluding hydrogens is 320 g/mol. The average molecular weight is 341 g/mol. The molecule has 110 valence electrons. The van der Waals surface area contributed by atoms with Crippen LogP contribution in [0, 0.1) is 0 Å². The highest BCUT2D eigenvalue weighted by atomic mass is 79.9. The Morgan fingerprint density at radius 1 is 1.25 bits per heavy atom. The van der Waals surface area contributed by atoms with Crippen molar-refractivity contribution in [3.8, 4) is 0 Å². The number of rotatable bonds is 3. The molecule has 0 bridgehead atoms. The van der Waals surface area contributed by atoms with Gasteiger partial charge in [-0.1, -0.05) is 25.7 Å². The van der Waals surface area contributed by atoms with Crippen LogP contribution in [-0.4, -0.2) is 17.1 Å². The van der Waals surface area contributed by atoms with Crippen molar-refractivity contribution >= 4 is 15.9 Å². The molecule has 4 nitrogen and oxygen atoms in total. The lowest BCUT2D eigenvalue weighted by Crippen LogP contribution is -2.33. The third-order valence-corrected chi connectivity index (χ3v) is 5.35. The minimum atomic E-state index is -0.403. The summed E-state index contributed by atoms with van der Waals surface area (Å²) in [6.07, 6.45) is 8.89. The van der Waals surface area contributed by atoms with E-state index in [4.69, 9.17) is 9.72 Å². The highest BCUT2D eigenvalue weighted by molar-refractivity contribution is 9.10. The zero-order valence-electron chi connectivity index (χ0n) is 11.9. The molecule has 1 aromatic heterocycles. The van der Waals surface area contributed by atoms with Crippen molar-refractivity contribution in [3.63, 3.8) is 0 Å². The Hall–Kier alpha value is -0.680. The number of H-pyrrole nitrogens is 1. The molecule has 1 aromatic rings. The minimum Gasteiger partial charge on any atom is -0.370 e. The number of hydrogen-bond donors (Lipinski definition) is 1. The summed E-state index contributed by atoms with van der Waals surface area (Å²) in [5, 5.41) is 0. The molecule has 0 aromatic carbocycles. The van der Waals surface area contributed by atoms with Crippen molar-refractivity contribution in [2.45, 2.75) is 62.9 Å². The fraction of sp³-hybridized carbons (Fsp3) is 0.733. The van der Waals surface area contributed by atoms with Crippen LogP contribution in [0.1, 0.15) is 68.8 Å². The molecule has 0 unspecified atom stereocenters. The number of aromatic nitrogens is 2.